The second kappa shape index (κ2) is 10.3. The lowest BCUT2D eigenvalue weighted by Gasteiger charge is -2.22. The Bertz CT molecular complexity index is 534. The molecule has 1 atom stereocenters. The van der Waals surface area contributed by atoms with E-state index in [-0.39, 0.29) is 24.2 Å². The maximum absolute atomic E-state index is 12.1. The molecular weight excluding hydrogens is 332 g/mol. The van der Waals surface area contributed by atoms with Crippen molar-refractivity contribution in [3.05, 3.63) is 17.7 Å². The number of benzene rings is 1. The number of halogens is 1. The van der Waals surface area contributed by atoms with Crippen molar-refractivity contribution in [3.63, 3.8) is 0 Å². The molecule has 1 fully saturated rings. The van der Waals surface area contributed by atoms with E-state index < -0.39 is 0 Å². The third kappa shape index (κ3) is 4.92. The van der Waals surface area contributed by atoms with E-state index in [1.807, 2.05) is 12.1 Å². The van der Waals surface area contributed by atoms with Gasteiger partial charge in [0.2, 0.25) is 11.7 Å². The van der Waals surface area contributed by atoms with E-state index in [1.54, 1.807) is 21.3 Å². The number of carbonyl (C=O) groups is 1. The van der Waals surface area contributed by atoms with Crippen molar-refractivity contribution >= 4 is 18.3 Å². The number of rotatable bonds is 7. The molecule has 0 aliphatic carbocycles. The third-order valence-corrected chi connectivity index (χ3v) is 4.15. The summed E-state index contributed by atoms with van der Waals surface area (Å²) in [5.74, 6) is 2.06. The molecule has 1 aromatic carbocycles. The van der Waals surface area contributed by atoms with E-state index in [4.69, 9.17) is 14.2 Å². The highest BCUT2D eigenvalue weighted by Crippen LogP contribution is 2.39. The zero-order chi connectivity index (χ0) is 16.7. The van der Waals surface area contributed by atoms with Gasteiger partial charge in [-0.3, -0.25) is 4.79 Å². The summed E-state index contributed by atoms with van der Waals surface area (Å²) < 4.78 is 16.1. The zero-order valence-corrected chi connectivity index (χ0v) is 15.3. The van der Waals surface area contributed by atoms with Crippen molar-refractivity contribution in [2.45, 2.75) is 19.3 Å². The molecule has 24 heavy (non-hydrogen) atoms. The van der Waals surface area contributed by atoms with Gasteiger partial charge in [-0.2, -0.15) is 0 Å². The predicted octanol–water partition coefficient (Wildman–Crippen LogP) is 1.79. The molecule has 1 amide bonds. The molecule has 6 nitrogen and oxygen atoms in total. The fourth-order valence-corrected chi connectivity index (χ4v) is 2.90. The standard InChI is InChI=1S/C17H26N2O4.ClH/c1-21-14-7-6-12(15(22-2)16(14)23-3)8-10-19-17(20)13-5-4-9-18-11-13;/h6-7,13,18H,4-5,8-11H2,1-3H3,(H,19,20);1H. The Balaban J connectivity index is 0.00000288. The number of hydrogen-bond donors (Lipinski definition) is 2. The molecule has 2 N–H and O–H groups in total. The maximum atomic E-state index is 12.1. The summed E-state index contributed by atoms with van der Waals surface area (Å²) >= 11 is 0. The monoisotopic (exact) mass is 358 g/mol. The Morgan fingerprint density at radius 3 is 2.54 bits per heavy atom. The smallest absolute Gasteiger partial charge is 0.224 e. The van der Waals surface area contributed by atoms with Crippen molar-refractivity contribution in [2.75, 3.05) is 41.0 Å². The third-order valence-electron chi connectivity index (χ3n) is 4.15. The van der Waals surface area contributed by atoms with Gasteiger partial charge in [-0.1, -0.05) is 6.07 Å². The Morgan fingerprint density at radius 2 is 1.96 bits per heavy atom. The molecule has 1 heterocycles. The van der Waals surface area contributed by atoms with E-state index in [0.717, 1.165) is 31.5 Å². The Kier molecular flexibility index (Phi) is 8.71. The van der Waals surface area contributed by atoms with Gasteiger partial charge in [0.15, 0.2) is 11.5 Å². The van der Waals surface area contributed by atoms with Crippen LogP contribution in [0.25, 0.3) is 0 Å². The number of methoxy groups -OCH3 is 3. The normalized spacial score (nSPS) is 16.7. The first-order valence-electron chi connectivity index (χ1n) is 7.97. The number of carbonyl (C=O) groups excluding carboxylic acids is 1. The second-order valence-corrected chi connectivity index (χ2v) is 5.58. The largest absolute Gasteiger partial charge is 0.493 e. The van der Waals surface area contributed by atoms with Gasteiger partial charge in [-0.05, 0) is 31.9 Å². The van der Waals surface area contributed by atoms with Crippen LogP contribution in [0.2, 0.25) is 0 Å². The fraction of sp³-hybridized carbons (Fsp3) is 0.588. The molecule has 7 heteroatoms. The summed E-state index contributed by atoms with van der Waals surface area (Å²) in [6.07, 6.45) is 2.69. The number of amides is 1. The fourth-order valence-electron chi connectivity index (χ4n) is 2.90. The summed E-state index contributed by atoms with van der Waals surface area (Å²) in [5.41, 5.74) is 0.979. The molecule has 136 valence electrons. The van der Waals surface area contributed by atoms with Gasteiger partial charge >= 0.3 is 0 Å². The number of ether oxygens (including phenoxy) is 3. The lowest BCUT2D eigenvalue weighted by Crippen LogP contribution is -2.41. The molecule has 0 aromatic heterocycles. The quantitative estimate of drug-likeness (QED) is 0.777. The summed E-state index contributed by atoms with van der Waals surface area (Å²) in [7, 11) is 4.78. The lowest BCUT2D eigenvalue weighted by molar-refractivity contribution is -0.125. The molecule has 1 aliphatic heterocycles. The highest BCUT2D eigenvalue weighted by molar-refractivity contribution is 5.85. The van der Waals surface area contributed by atoms with Crippen molar-refractivity contribution in [1.82, 2.24) is 10.6 Å². The van der Waals surface area contributed by atoms with Gasteiger partial charge in [0.1, 0.15) is 0 Å². The summed E-state index contributed by atoms with van der Waals surface area (Å²) in [6, 6.07) is 3.79. The van der Waals surface area contributed by atoms with E-state index in [0.29, 0.717) is 30.2 Å². The van der Waals surface area contributed by atoms with Crippen LogP contribution in [0, 0.1) is 5.92 Å². The molecule has 0 saturated carbocycles. The Morgan fingerprint density at radius 1 is 1.21 bits per heavy atom. The summed E-state index contributed by atoms with van der Waals surface area (Å²) in [4.78, 5) is 12.1. The first kappa shape index (κ1) is 20.4. The minimum atomic E-state index is 0. The topological polar surface area (TPSA) is 68.8 Å². The number of piperidine rings is 1. The number of nitrogens with one attached hydrogen (secondary N) is 2. The van der Waals surface area contributed by atoms with Crippen molar-refractivity contribution in [3.8, 4) is 17.2 Å². The van der Waals surface area contributed by atoms with Crippen LogP contribution in [-0.2, 0) is 11.2 Å². The molecule has 1 aromatic rings. The molecule has 2 rings (SSSR count). The van der Waals surface area contributed by atoms with E-state index in [1.165, 1.54) is 0 Å². The first-order chi connectivity index (χ1) is 11.2. The highest BCUT2D eigenvalue weighted by Gasteiger charge is 2.21. The molecule has 0 spiro atoms. The van der Waals surface area contributed by atoms with Gasteiger partial charge in [0.25, 0.3) is 0 Å². The molecule has 1 aliphatic rings. The van der Waals surface area contributed by atoms with Crippen molar-refractivity contribution in [2.24, 2.45) is 5.92 Å². The first-order valence-corrected chi connectivity index (χ1v) is 7.97. The SMILES string of the molecule is COc1ccc(CCNC(=O)C2CCCNC2)c(OC)c1OC.Cl. The van der Waals surface area contributed by atoms with Gasteiger partial charge in [-0.25, -0.2) is 0 Å². The Hall–Kier alpha value is -1.66. The highest BCUT2D eigenvalue weighted by atomic mass is 35.5. The van der Waals surface area contributed by atoms with E-state index in [2.05, 4.69) is 10.6 Å². The minimum absolute atomic E-state index is 0. The molecule has 0 radical (unpaired) electrons. The van der Waals surface area contributed by atoms with Crippen molar-refractivity contribution < 1.29 is 19.0 Å². The molecule has 1 saturated heterocycles. The van der Waals surface area contributed by atoms with Crippen molar-refractivity contribution in [1.29, 1.82) is 0 Å². The van der Waals surface area contributed by atoms with Crippen LogP contribution in [0.5, 0.6) is 17.2 Å². The van der Waals surface area contributed by atoms with Crippen LogP contribution in [0.3, 0.4) is 0 Å². The average Bonchev–Trinajstić information content (AvgIpc) is 2.61. The van der Waals surface area contributed by atoms with Gasteiger partial charge in [0, 0.05) is 18.7 Å². The summed E-state index contributed by atoms with van der Waals surface area (Å²) in [5, 5.41) is 6.27. The van der Waals surface area contributed by atoms with Crippen LogP contribution in [-0.4, -0.2) is 46.9 Å². The molecule has 0 bridgehead atoms. The van der Waals surface area contributed by atoms with Crippen LogP contribution in [0.15, 0.2) is 12.1 Å². The lowest BCUT2D eigenvalue weighted by atomic mass is 9.99. The second-order valence-electron chi connectivity index (χ2n) is 5.58. The van der Waals surface area contributed by atoms with Crippen LogP contribution >= 0.6 is 12.4 Å². The number of hydrogen-bond acceptors (Lipinski definition) is 5. The predicted molar refractivity (Wildman–Crippen MR) is 95.7 cm³/mol. The summed E-state index contributed by atoms with van der Waals surface area (Å²) in [6.45, 7) is 2.35. The Labute approximate surface area is 149 Å². The van der Waals surface area contributed by atoms with Gasteiger partial charge < -0.3 is 24.8 Å². The minimum Gasteiger partial charge on any atom is -0.493 e. The molecular formula is C17H27ClN2O4. The average molecular weight is 359 g/mol. The molecule has 1 unspecified atom stereocenters. The van der Waals surface area contributed by atoms with Crippen LogP contribution < -0.4 is 24.8 Å². The van der Waals surface area contributed by atoms with Crippen LogP contribution in [0.1, 0.15) is 18.4 Å². The van der Waals surface area contributed by atoms with E-state index in [9.17, 15) is 4.79 Å². The zero-order valence-electron chi connectivity index (χ0n) is 14.5. The van der Waals surface area contributed by atoms with E-state index >= 15 is 0 Å². The van der Waals surface area contributed by atoms with Gasteiger partial charge in [-0.15, -0.1) is 12.4 Å². The van der Waals surface area contributed by atoms with Crippen LogP contribution in [0.4, 0.5) is 0 Å². The van der Waals surface area contributed by atoms with Gasteiger partial charge in [0.05, 0.1) is 27.2 Å². The maximum Gasteiger partial charge on any atom is 0.224 e.